The Kier molecular flexibility index (Phi) is 2.62. The number of rotatable bonds is 4. The van der Waals surface area contributed by atoms with Crippen LogP contribution < -0.4 is 0 Å². The maximum absolute atomic E-state index is 13.2. The standard InChI is InChI=1S/C16H14FN3O/c17-14-3-1-13(2-4-14)16-15(11-20(19-16)9-10-21)12-5-7-18-8-6-12/h1-8,11,21H,9-10H2/i9D2,10D2. The van der Waals surface area contributed by atoms with Gasteiger partial charge in [-0.2, -0.15) is 5.10 Å². The van der Waals surface area contributed by atoms with E-state index in [0.717, 1.165) is 4.68 Å². The van der Waals surface area contributed by atoms with Crippen molar-refractivity contribution in [1.29, 1.82) is 0 Å². The van der Waals surface area contributed by atoms with E-state index in [1.807, 2.05) is 0 Å². The summed E-state index contributed by atoms with van der Waals surface area (Å²) in [4.78, 5) is 3.93. The van der Waals surface area contributed by atoms with E-state index in [9.17, 15) is 9.50 Å². The molecular weight excluding hydrogens is 269 g/mol. The van der Waals surface area contributed by atoms with Crippen LogP contribution in [0, 0.1) is 5.82 Å². The molecule has 1 aromatic carbocycles. The van der Waals surface area contributed by atoms with Crippen LogP contribution in [0.5, 0.6) is 0 Å². The van der Waals surface area contributed by atoms with Crippen LogP contribution in [0.4, 0.5) is 4.39 Å². The van der Waals surface area contributed by atoms with Crippen molar-refractivity contribution in [2.24, 2.45) is 0 Å². The minimum Gasteiger partial charge on any atom is -0.394 e. The normalized spacial score (nSPS) is 15.0. The molecule has 4 nitrogen and oxygen atoms in total. The highest BCUT2D eigenvalue weighted by Crippen LogP contribution is 2.30. The van der Waals surface area contributed by atoms with Crippen LogP contribution >= 0.6 is 0 Å². The first-order chi connectivity index (χ1) is 11.7. The Balaban J connectivity index is 2.21. The number of aliphatic hydroxyl groups is 1. The lowest BCUT2D eigenvalue weighted by Crippen LogP contribution is -2.02. The summed E-state index contributed by atoms with van der Waals surface area (Å²) in [5.74, 6) is -0.421. The van der Waals surface area contributed by atoms with Crippen molar-refractivity contribution in [3.05, 3.63) is 60.8 Å². The van der Waals surface area contributed by atoms with Crippen molar-refractivity contribution in [1.82, 2.24) is 14.8 Å². The number of pyridine rings is 1. The topological polar surface area (TPSA) is 50.9 Å². The van der Waals surface area contributed by atoms with Crippen LogP contribution in [-0.4, -0.2) is 26.4 Å². The predicted octanol–water partition coefficient (Wildman–Crippen LogP) is 2.74. The second-order valence-corrected chi connectivity index (χ2v) is 4.30. The van der Waals surface area contributed by atoms with E-state index in [0.29, 0.717) is 22.4 Å². The van der Waals surface area contributed by atoms with E-state index in [1.54, 1.807) is 24.5 Å². The fourth-order valence-electron chi connectivity index (χ4n) is 2.05. The monoisotopic (exact) mass is 287 g/mol. The van der Waals surface area contributed by atoms with Gasteiger partial charge in [-0.1, -0.05) is 0 Å². The van der Waals surface area contributed by atoms with Gasteiger partial charge >= 0.3 is 0 Å². The van der Waals surface area contributed by atoms with Gasteiger partial charge in [0.2, 0.25) is 0 Å². The molecule has 0 atom stereocenters. The molecule has 1 N–H and O–H groups in total. The van der Waals surface area contributed by atoms with Crippen molar-refractivity contribution >= 4 is 0 Å². The number of hydrogen-bond acceptors (Lipinski definition) is 3. The summed E-state index contributed by atoms with van der Waals surface area (Å²) in [6, 6.07) is 8.88. The summed E-state index contributed by atoms with van der Waals surface area (Å²) in [6.45, 7) is -5.94. The summed E-state index contributed by atoms with van der Waals surface area (Å²) in [6.07, 6.45) is 4.42. The van der Waals surface area contributed by atoms with E-state index in [2.05, 4.69) is 10.1 Å². The van der Waals surface area contributed by atoms with Crippen molar-refractivity contribution in [2.45, 2.75) is 6.50 Å². The molecule has 5 heteroatoms. The van der Waals surface area contributed by atoms with Gasteiger partial charge in [-0.25, -0.2) is 4.39 Å². The molecule has 0 saturated heterocycles. The third-order valence-corrected chi connectivity index (χ3v) is 2.99. The number of hydrogen-bond donors (Lipinski definition) is 1. The molecule has 0 aliphatic carbocycles. The van der Waals surface area contributed by atoms with Crippen molar-refractivity contribution < 1.29 is 15.0 Å². The third-order valence-electron chi connectivity index (χ3n) is 2.99. The molecule has 0 radical (unpaired) electrons. The Bertz CT molecular complexity index is 877. The maximum Gasteiger partial charge on any atom is 0.123 e. The van der Waals surface area contributed by atoms with Crippen LogP contribution in [0.25, 0.3) is 22.4 Å². The van der Waals surface area contributed by atoms with Gasteiger partial charge in [0.05, 0.1) is 18.5 Å². The smallest absolute Gasteiger partial charge is 0.123 e. The van der Waals surface area contributed by atoms with Crippen LogP contribution in [0.1, 0.15) is 5.48 Å². The lowest BCUT2D eigenvalue weighted by molar-refractivity contribution is 0.269. The van der Waals surface area contributed by atoms with Crippen LogP contribution in [0.3, 0.4) is 0 Å². The Morgan fingerprint density at radius 2 is 1.81 bits per heavy atom. The highest BCUT2D eigenvalue weighted by atomic mass is 19.1. The van der Waals surface area contributed by atoms with Gasteiger partial charge in [-0.3, -0.25) is 9.67 Å². The first-order valence-corrected chi connectivity index (χ1v) is 6.19. The van der Waals surface area contributed by atoms with Gasteiger partial charge in [0, 0.05) is 29.7 Å². The molecule has 0 spiro atoms. The fourth-order valence-corrected chi connectivity index (χ4v) is 2.05. The molecule has 0 saturated carbocycles. The van der Waals surface area contributed by atoms with Gasteiger partial charge in [-0.05, 0) is 42.0 Å². The number of nitrogens with zero attached hydrogens (tertiary/aromatic N) is 3. The average Bonchev–Trinajstić information content (AvgIpc) is 3.01. The zero-order valence-corrected chi connectivity index (χ0v) is 10.9. The number of benzene rings is 1. The lowest BCUT2D eigenvalue weighted by Gasteiger charge is -2.02. The minimum atomic E-state index is -3.14. The largest absolute Gasteiger partial charge is 0.394 e. The van der Waals surface area contributed by atoms with E-state index in [4.69, 9.17) is 5.48 Å². The van der Waals surface area contributed by atoms with Crippen LogP contribution in [0.2, 0.25) is 0 Å². The molecule has 0 aliphatic heterocycles. The van der Waals surface area contributed by atoms with Crippen LogP contribution in [0.15, 0.2) is 55.0 Å². The molecule has 2 aromatic heterocycles. The van der Waals surface area contributed by atoms with Crippen molar-refractivity contribution in [2.75, 3.05) is 6.56 Å². The second kappa shape index (κ2) is 5.85. The summed E-state index contributed by atoms with van der Waals surface area (Å²) in [5.41, 5.74) is 2.04. The SMILES string of the molecule is [2H]C([2H])(O)C([2H])([2H])n1cc(-c2ccncc2)c(-c2ccc(F)cc2)n1. The Hall–Kier alpha value is -2.53. The summed E-state index contributed by atoms with van der Waals surface area (Å²) >= 11 is 0. The first-order valence-electron chi connectivity index (χ1n) is 8.19. The van der Waals surface area contributed by atoms with Gasteiger partial charge in [0.1, 0.15) is 11.5 Å². The fraction of sp³-hybridized carbons (Fsp3) is 0.125. The lowest BCUT2D eigenvalue weighted by atomic mass is 10.0. The predicted molar refractivity (Wildman–Crippen MR) is 77.9 cm³/mol. The zero-order valence-electron chi connectivity index (χ0n) is 14.9. The average molecular weight is 287 g/mol. The summed E-state index contributed by atoms with van der Waals surface area (Å²) in [7, 11) is 0. The molecule has 0 amide bonds. The quantitative estimate of drug-likeness (QED) is 0.802. The molecule has 3 rings (SSSR count). The third kappa shape index (κ3) is 2.83. The van der Waals surface area contributed by atoms with Gasteiger partial charge < -0.3 is 5.11 Å². The van der Waals surface area contributed by atoms with Crippen LogP contribution in [-0.2, 0) is 6.50 Å². The maximum atomic E-state index is 13.2. The Labute approximate surface area is 127 Å². The van der Waals surface area contributed by atoms with Crippen molar-refractivity contribution in [3.63, 3.8) is 0 Å². The summed E-state index contributed by atoms with van der Waals surface area (Å²) < 4.78 is 44.3. The first kappa shape index (κ1) is 9.41. The van der Waals surface area contributed by atoms with Gasteiger partial charge in [-0.15, -0.1) is 0 Å². The van der Waals surface area contributed by atoms with E-state index >= 15 is 0 Å². The number of halogens is 1. The molecule has 2 heterocycles. The van der Waals surface area contributed by atoms with E-state index < -0.39 is 18.9 Å². The van der Waals surface area contributed by atoms with Gasteiger partial charge in [0.25, 0.3) is 0 Å². The zero-order chi connectivity index (χ0) is 18.2. The molecular formula is C16H14FN3O. The molecule has 3 aromatic rings. The Morgan fingerprint density at radius 1 is 1.10 bits per heavy atom. The molecule has 106 valence electrons. The molecule has 21 heavy (non-hydrogen) atoms. The van der Waals surface area contributed by atoms with Gasteiger partial charge in [0.15, 0.2) is 0 Å². The van der Waals surface area contributed by atoms with Crippen molar-refractivity contribution in [3.8, 4) is 22.4 Å². The molecule has 0 aliphatic rings. The number of aryl methyl sites for hydroxylation is 1. The molecule has 0 unspecified atom stereocenters. The van der Waals surface area contributed by atoms with E-state index in [1.165, 1.54) is 30.5 Å². The second-order valence-electron chi connectivity index (χ2n) is 4.30. The Morgan fingerprint density at radius 3 is 2.48 bits per heavy atom. The highest BCUT2D eigenvalue weighted by molar-refractivity contribution is 5.80. The summed E-state index contributed by atoms with van der Waals surface area (Å²) in [5, 5.41) is 13.6. The molecule has 0 fully saturated rings. The molecule has 0 bridgehead atoms. The minimum absolute atomic E-state index is 0.333. The highest BCUT2D eigenvalue weighted by Gasteiger charge is 2.13. The number of aromatic nitrogens is 3. The van der Waals surface area contributed by atoms with E-state index in [-0.39, 0.29) is 0 Å².